The standard InChI is InChI=1S/C28H55O2/c1-5-8-11-14-17-20-23-26(4)28(27(29)30,24-21-18-15-12-9-6-2)25-22-19-16-13-10-7-3/h26H,5-25H2,1-4H3. The van der Waals surface area contributed by atoms with E-state index in [1.807, 2.05) is 0 Å². The maximum atomic E-state index is 12.5. The third-order valence-electron chi connectivity index (χ3n) is 7.29. The second-order valence-corrected chi connectivity index (χ2v) is 9.94. The van der Waals surface area contributed by atoms with Gasteiger partial charge in [-0.05, 0) is 25.2 Å². The van der Waals surface area contributed by atoms with Crippen LogP contribution in [-0.2, 0) is 9.90 Å². The normalized spacial score (nSPS) is 12.9. The number of hydrogen-bond acceptors (Lipinski definition) is 1. The van der Waals surface area contributed by atoms with Crippen molar-refractivity contribution in [2.45, 2.75) is 163 Å². The lowest BCUT2D eigenvalue weighted by molar-refractivity contribution is -0.161. The highest BCUT2D eigenvalue weighted by molar-refractivity contribution is 5.74. The molecule has 1 unspecified atom stereocenters. The van der Waals surface area contributed by atoms with Gasteiger partial charge < -0.3 is 0 Å². The SMILES string of the molecule is CCCCCCCCC(C)C(CCCCCCCC)(CCCCCCCC)C([O])=O. The van der Waals surface area contributed by atoms with Crippen LogP contribution in [0, 0.1) is 11.3 Å². The van der Waals surface area contributed by atoms with Gasteiger partial charge >= 0.3 is 5.97 Å². The molecule has 0 aromatic rings. The minimum atomic E-state index is -0.761. The third kappa shape index (κ3) is 13.7. The number of rotatable bonds is 23. The molecule has 0 saturated carbocycles. The van der Waals surface area contributed by atoms with Gasteiger partial charge in [0.05, 0.1) is 5.41 Å². The first kappa shape index (κ1) is 29.5. The second-order valence-electron chi connectivity index (χ2n) is 9.94. The summed E-state index contributed by atoms with van der Waals surface area (Å²) in [5.41, 5.74) is -0.598. The van der Waals surface area contributed by atoms with Gasteiger partial charge in [0.25, 0.3) is 0 Å². The fourth-order valence-electron chi connectivity index (χ4n) is 4.97. The largest absolute Gasteiger partial charge is 0.361 e. The van der Waals surface area contributed by atoms with Gasteiger partial charge in [0.1, 0.15) is 0 Å². The molecule has 0 aromatic carbocycles. The van der Waals surface area contributed by atoms with Crippen molar-refractivity contribution in [3.8, 4) is 0 Å². The Kier molecular flexibility index (Phi) is 20.0. The van der Waals surface area contributed by atoms with Crippen molar-refractivity contribution >= 4 is 5.97 Å². The Balaban J connectivity index is 4.70. The van der Waals surface area contributed by atoms with E-state index in [0.717, 1.165) is 32.1 Å². The predicted octanol–water partition coefficient (Wildman–Crippen LogP) is 9.82. The molecule has 0 fully saturated rings. The summed E-state index contributed by atoms with van der Waals surface area (Å²) in [5.74, 6) is -0.525. The van der Waals surface area contributed by atoms with Crippen LogP contribution in [0.2, 0.25) is 0 Å². The lowest BCUT2D eigenvalue weighted by Gasteiger charge is -2.35. The summed E-state index contributed by atoms with van der Waals surface area (Å²) in [5, 5.41) is 12.5. The van der Waals surface area contributed by atoms with Gasteiger partial charge in [-0.3, -0.25) is 0 Å². The molecule has 0 aromatic heterocycles. The Hall–Kier alpha value is -0.530. The van der Waals surface area contributed by atoms with Crippen molar-refractivity contribution in [3.63, 3.8) is 0 Å². The van der Waals surface area contributed by atoms with Gasteiger partial charge in [-0.25, -0.2) is 9.90 Å². The quantitative estimate of drug-likeness (QED) is 0.151. The highest BCUT2D eigenvalue weighted by Gasteiger charge is 2.43. The monoisotopic (exact) mass is 423 g/mol. The number of carbonyl (C=O) groups is 1. The Bertz CT molecular complexity index is 361. The van der Waals surface area contributed by atoms with Crippen molar-refractivity contribution in [2.24, 2.45) is 11.3 Å². The lowest BCUT2D eigenvalue weighted by Crippen LogP contribution is -2.37. The highest BCUT2D eigenvalue weighted by atomic mass is 16.4. The van der Waals surface area contributed by atoms with Crippen LogP contribution in [0.1, 0.15) is 163 Å². The molecular formula is C28H55O2. The molecular weight excluding hydrogens is 368 g/mol. The Morgan fingerprint density at radius 3 is 1.27 bits per heavy atom. The van der Waals surface area contributed by atoms with E-state index in [0.29, 0.717) is 0 Å². The van der Waals surface area contributed by atoms with Crippen LogP contribution in [-0.4, -0.2) is 5.97 Å². The third-order valence-corrected chi connectivity index (χ3v) is 7.29. The molecule has 0 amide bonds. The molecule has 0 aliphatic rings. The summed E-state index contributed by atoms with van der Waals surface area (Å²) < 4.78 is 0. The summed E-state index contributed by atoms with van der Waals surface area (Å²) in [4.78, 5) is 12.5. The van der Waals surface area contributed by atoms with Crippen molar-refractivity contribution in [1.82, 2.24) is 0 Å². The molecule has 0 spiro atoms. The van der Waals surface area contributed by atoms with E-state index in [2.05, 4.69) is 27.7 Å². The van der Waals surface area contributed by atoms with Gasteiger partial charge in [0.2, 0.25) is 0 Å². The van der Waals surface area contributed by atoms with E-state index in [1.54, 1.807) is 0 Å². The molecule has 0 saturated heterocycles. The molecule has 179 valence electrons. The van der Waals surface area contributed by atoms with Crippen LogP contribution in [0.25, 0.3) is 0 Å². The molecule has 1 atom stereocenters. The van der Waals surface area contributed by atoms with Crippen molar-refractivity contribution < 1.29 is 9.90 Å². The molecule has 0 heterocycles. The molecule has 30 heavy (non-hydrogen) atoms. The number of carbonyl (C=O) groups excluding carboxylic acids is 1. The van der Waals surface area contributed by atoms with Gasteiger partial charge in [-0.1, -0.05) is 143 Å². The maximum Gasteiger partial charge on any atom is 0.361 e. The van der Waals surface area contributed by atoms with Gasteiger partial charge in [-0.15, -0.1) is 0 Å². The van der Waals surface area contributed by atoms with Gasteiger partial charge in [0.15, 0.2) is 0 Å². The fraction of sp³-hybridized carbons (Fsp3) is 0.964. The van der Waals surface area contributed by atoms with Crippen LogP contribution >= 0.6 is 0 Å². The fourth-order valence-corrected chi connectivity index (χ4v) is 4.97. The first-order valence-corrected chi connectivity index (χ1v) is 13.8. The predicted molar refractivity (Wildman–Crippen MR) is 131 cm³/mol. The zero-order valence-corrected chi connectivity index (χ0v) is 21.2. The average Bonchev–Trinajstić information content (AvgIpc) is 2.73. The summed E-state index contributed by atoms with van der Waals surface area (Å²) >= 11 is 0. The van der Waals surface area contributed by atoms with Crippen molar-refractivity contribution in [1.29, 1.82) is 0 Å². The highest BCUT2D eigenvalue weighted by Crippen LogP contribution is 2.42. The smallest absolute Gasteiger partial charge is 0.247 e. The molecule has 0 N–H and O–H groups in total. The van der Waals surface area contributed by atoms with Gasteiger partial charge in [0, 0.05) is 0 Å². The lowest BCUT2D eigenvalue weighted by atomic mass is 9.67. The summed E-state index contributed by atoms with van der Waals surface area (Å²) in [6.45, 7) is 8.94. The molecule has 0 bridgehead atoms. The molecule has 0 aliphatic heterocycles. The van der Waals surface area contributed by atoms with Crippen molar-refractivity contribution in [2.75, 3.05) is 0 Å². The number of hydrogen-bond donors (Lipinski definition) is 0. The zero-order valence-electron chi connectivity index (χ0n) is 21.2. The van der Waals surface area contributed by atoms with E-state index < -0.39 is 11.4 Å². The van der Waals surface area contributed by atoms with E-state index in [4.69, 9.17) is 0 Å². The van der Waals surface area contributed by atoms with E-state index >= 15 is 0 Å². The van der Waals surface area contributed by atoms with E-state index in [9.17, 15) is 9.90 Å². The Labute approximate surface area is 190 Å². The number of unbranched alkanes of at least 4 members (excludes halogenated alkanes) is 15. The maximum absolute atomic E-state index is 12.5. The van der Waals surface area contributed by atoms with Crippen LogP contribution in [0.15, 0.2) is 0 Å². The average molecular weight is 424 g/mol. The topological polar surface area (TPSA) is 37.0 Å². The Morgan fingerprint density at radius 2 is 0.900 bits per heavy atom. The summed E-state index contributed by atoms with van der Waals surface area (Å²) in [6.07, 6.45) is 25.0. The van der Waals surface area contributed by atoms with Crippen LogP contribution in [0.4, 0.5) is 0 Å². The summed E-state index contributed by atoms with van der Waals surface area (Å²) in [7, 11) is 0. The first-order chi connectivity index (χ1) is 14.5. The van der Waals surface area contributed by atoms with Crippen LogP contribution in [0.5, 0.6) is 0 Å². The molecule has 2 nitrogen and oxygen atoms in total. The van der Waals surface area contributed by atoms with Crippen LogP contribution < -0.4 is 0 Å². The second kappa shape index (κ2) is 20.4. The zero-order chi connectivity index (χ0) is 22.5. The molecule has 2 heteroatoms. The summed E-state index contributed by atoms with van der Waals surface area (Å²) in [6, 6.07) is 0. The molecule has 0 aliphatic carbocycles. The van der Waals surface area contributed by atoms with Crippen molar-refractivity contribution in [3.05, 3.63) is 0 Å². The molecule has 1 radical (unpaired) electrons. The minimum Gasteiger partial charge on any atom is -0.247 e. The van der Waals surface area contributed by atoms with Crippen LogP contribution in [0.3, 0.4) is 0 Å². The van der Waals surface area contributed by atoms with E-state index in [1.165, 1.54) is 103 Å². The van der Waals surface area contributed by atoms with E-state index in [-0.39, 0.29) is 5.92 Å². The van der Waals surface area contributed by atoms with Gasteiger partial charge in [-0.2, -0.15) is 0 Å². The molecule has 0 rings (SSSR count). The minimum absolute atomic E-state index is 0.236. The first-order valence-electron chi connectivity index (χ1n) is 13.8. The Morgan fingerprint density at radius 1 is 0.567 bits per heavy atom.